The van der Waals surface area contributed by atoms with Crippen molar-refractivity contribution >= 4 is 10.8 Å². The van der Waals surface area contributed by atoms with E-state index in [9.17, 15) is 0 Å². The minimum Gasteiger partial charge on any atom is -0.491 e. The fourth-order valence-corrected chi connectivity index (χ4v) is 2.97. The number of benzene rings is 2. The van der Waals surface area contributed by atoms with Crippen molar-refractivity contribution < 1.29 is 9.47 Å². The first-order valence-corrected chi connectivity index (χ1v) is 7.83. The van der Waals surface area contributed by atoms with Gasteiger partial charge in [0.2, 0.25) is 0 Å². The second-order valence-corrected chi connectivity index (χ2v) is 5.60. The molecule has 0 spiro atoms. The molecule has 0 aliphatic carbocycles. The summed E-state index contributed by atoms with van der Waals surface area (Å²) in [5.41, 5.74) is 6.99. The van der Waals surface area contributed by atoms with E-state index in [4.69, 9.17) is 15.2 Å². The van der Waals surface area contributed by atoms with Crippen LogP contribution in [0.5, 0.6) is 5.75 Å². The lowest BCUT2D eigenvalue weighted by molar-refractivity contribution is -0.0112. The molecule has 1 fully saturated rings. The summed E-state index contributed by atoms with van der Waals surface area (Å²) in [6.45, 7) is 2.13. The molecule has 1 unspecified atom stereocenters. The van der Waals surface area contributed by atoms with Crippen molar-refractivity contribution in [3.63, 3.8) is 0 Å². The average molecular weight is 285 g/mol. The third-order valence-corrected chi connectivity index (χ3v) is 4.09. The molecule has 0 bridgehead atoms. The summed E-state index contributed by atoms with van der Waals surface area (Å²) in [6.07, 6.45) is 4.57. The Hall–Kier alpha value is -1.58. The number of ether oxygens (including phenoxy) is 2. The summed E-state index contributed by atoms with van der Waals surface area (Å²) in [4.78, 5) is 0. The molecule has 1 heterocycles. The van der Waals surface area contributed by atoms with Crippen molar-refractivity contribution in [1.29, 1.82) is 0 Å². The van der Waals surface area contributed by atoms with Crippen LogP contribution in [0.25, 0.3) is 10.8 Å². The first-order valence-electron chi connectivity index (χ1n) is 7.83. The molecule has 2 aromatic carbocycles. The normalized spacial score (nSPS) is 18.8. The SMILES string of the molecule is NCCc1c(OCC2CCCCO2)ccc2ccccc12. The van der Waals surface area contributed by atoms with Gasteiger partial charge in [-0.25, -0.2) is 0 Å². The van der Waals surface area contributed by atoms with Crippen LogP contribution in [0.4, 0.5) is 0 Å². The van der Waals surface area contributed by atoms with Crippen LogP contribution in [0.3, 0.4) is 0 Å². The summed E-state index contributed by atoms with van der Waals surface area (Å²) >= 11 is 0. The first-order chi connectivity index (χ1) is 10.4. The molecule has 21 heavy (non-hydrogen) atoms. The van der Waals surface area contributed by atoms with E-state index in [0.717, 1.165) is 25.2 Å². The van der Waals surface area contributed by atoms with Crippen molar-refractivity contribution in [1.82, 2.24) is 0 Å². The van der Waals surface area contributed by atoms with Crippen LogP contribution in [0.1, 0.15) is 24.8 Å². The zero-order chi connectivity index (χ0) is 14.5. The predicted octanol–water partition coefficient (Wildman–Crippen LogP) is 3.29. The molecule has 2 N–H and O–H groups in total. The molecule has 1 aliphatic heterocycles. The van der Waals surface area contributed by atoms with Crippen LogP contribution >= 0.6 is 0 Å². The number of nitrogens with two attached hydrogens (primary N) is 1. The molecule has 3 rings (SSSR count). The first kappa shape index (κ1) is 14.4. The van der Waals surface area contributed by atoms with E-state index in [1.54, 1.807) is 0 Å². The quantitative estimate of drug-likeness (QED) is 0.917. The lowest BCUT2D eigenvalue weighted by Gasteiger charge is -2.23. The molecule has 1 atom stereocenters. The topological polar surface area (TPSA) is 44.5 Å². The Morgan fingerprint density at radius 1 is 1.14 bits per heavy atom. The van der Waals surface area contributed by atoms with E-state index in [-0.39, 0.29) is 6.10 Å². The monoisotopic (exact) mass is 285 g/mol. The van der Waals surface area contributed by atoms with Gasteiger partial charge in [-0.2, -0.15) is 0 Å². The van der Waals surface area contributed by atoms with Gasteiger partial charge in [0, 0.05) is 12.2 Å². The second kappa shape index (κ2) is 6.92. The maximum absolute atomic E-state index is 6.06. The molecule has 0 radical (unpaired) electrons. The van der Waals surface area contributed by atoms with E-state index >= 15 is 0 Å². The van der Waals surface area contributed by atoms with Crippen molar-refractivity contribution in [3.05, 3.63) is 42.0 Å². The standard InChI is InChI=1S/C18H23NO2/c19-11-10-17-16-7-2-1-5-14(16)8-9-18(17)21-13-15-6-3-4-12-20-15/h1-2,5,7-9,15H,3-4,6,10-13,19H2. The third kappa shape index (κ3) is 3.36. The van der Waals surface area contributed by atoms with E-state index in [1.165, 1.54) is 29.2 Å². The van der Waals surface area contributed by atoms with E-state index in [1.807, 2.05) is 0 Å². The van der Waals surface area contributed by atoms with Crippen LogP contribution in [-0.4, -0.2) is 25.9 Å². The minimum atomic E-state index is 0.232. The van der Waals surface area contributed by atoms with E-state index in [0.29, 0.717) is 13.2 Å². The van der Waals surface area contributed by atoms with E-state index < -0.39 is 0 Å². The highest BCUT2D eigenvalue weighted by Gasteiger charge is 2.16. The predicted molar refractivity (Wildman–Crippen MR) is 85.8 cm³/mol. The van der Waals surface area contributed by atoms with Crippen molar-refractivity contribution in [2.45, 2.75) is 31.8 Å². The maximum atomic E-state index is 6.06. The van der Waals surface area contributed by atoms with Gasteiger partial charge in [0.05, 0.1) is 6.10 Å². The van der Waals surface area contributed by atoms with Crippen LogP contribution < -0.4 is 10.5 Å². The summed E-state index contributed by atoms with van der Waals surface area (Å²) in [5.74, 6) is 0.952. The molecule has 0 aromatic heterocycles. The van der Waals surface area contributed by atoms with Crippen LogP contribution in [0.15, 0.2) is 36.4 Å². The molecule has 1 aliphatic rings. The number of hydrogen-bond donors (Lipinski definition) is 1. The Labute approximate surface area is 126 Å². The fraction of sp³-hybridized carbons (Fsp3) is 0.444. The third-order valence-electron chi connectivity index (χ3n) is 4.09. The van der Waals surface area contributed by atoms with Gasteiger partial charge in [-0.15, -0.1) is 0 Å². The average Bonchev–Trinajstić information content (AvgIpc) is 2.55. The highest BCUT2D eigenvalue weighted by atomic mass is 16.5. The number of hydrogen-bond acceptors (Lipinski definition) is 3. The summed E-state index contributed by atoms with van der Waals surface area (Å²) in [7, 11) is 0. The number of fused-ring (bicyclic) bond motifs is 1. The summed E-state index contributed by atoms with van der Waals surface area (Å²) in [5, 5.41) is 2.48. The second-order valence-electron chi connectivity index (χ2n) is 5.60. The zero-order valence-corrected chi connectivity index (χ0v) is 12.4. The van der Waals surface area contributed by atoms with Crippen LogP contribution in [0.2, 0.25) is 0 Å². The van der Waals surface area contributed by atoms with Crippen molar-refractivity contribution in [3.8, 4) is 5.75 Å². The lowest BCUT2D eigenvalue weighted by Crippen LogP contribution is -2.26. The summed E-state index contributed by atoms with van der Waals surface area (Å²) in [6, 6.07) is 12.6. The number of rotatable bonds is 5. The largest absolute Gasteiger partial charge is 0.491 e. The highest BCUT2D eigenvalue weighted by molar-refractivity contribution is 5.87. The van der Waals surface area contributed by atoms with Gasteiger partial charge in [-0.3, -0.25) is 0 Å². The van der Waals surface area contributed by atoms with Crippen LogP contribution in [0, 0.1) is 0 Å². The van der Waals surface area contributed by atoms with Crippen molar-refractivity contribution in [2.24, 2.45) is 5.73 Å². The Balaban J connectivity index is 1.81. The molecule has 112 valence electrons. The minimum absolute atomic E-state index is 0.232. The molecule has 2 aromatic rings. The summed E-state index contributed by atoms with van der Waals surface area (Å²) < 4.78 is 11.8. The Morgan fingerprint density at radius 2 is 2.05 bits per heavy atom. The highest BCUT2D eigenvalue weighted by Crippen LogP contribution is 2.29. The molecular formula is C18H23NO2. The Kier molecular flexibility index (Phi) is 4.73. The van der Waals surface area contributed by atoms with Gasteiger partial charge in [0.1, 0.15) is 12.4 Å². The zero-order valence-electron chi connectivity index (χ0n) is 12.4. The lowest BCUT2D eigenvalue weighted by atomic mass is 10.0. The Morgan fingerprint density at radius 3 is 2.86 bits per heavy atom. The van der Waals surface area contributed by atoms with Crippen LogP contribution in [-0.2, 0) is 11.2 Å². The molecule has 3 nitrogen and oxygen atoms in total. The molecule has 3 heteroatoms. The van der Waals surface area contributed by atoms with Gasteiger partial charge in [-0.05, 0) is 49.1 Å². The maximum Gasteiger partial charge on any atom is 0.123 e. The van der Waals surface area contributed by atoms with Crippen molar-refractivity contribution in [2.75, 3.05) is 19.8 Å². The fourth-order valence-electron chi connectivity index (χ4n) is 2.97. The van der Waals surface area contributed by atoms with Gasteiger partial charge in [-0.1, -0.05) is 30.3 Å². The Bertz CT molecular complexity index is 591. The van der Waals surface area contributed by atoms with Gasteiger partial charge in [0.25, 0.3) is 0 Å². The molecule has 0 saturated carbocycles. The smallest absolute Gasteiger partial charge is 0.123 e. The molecule has 1 saturated heterocycles. The molecule has 0 amide bonds. The molecular weight excluding hydrogens is 262 g/mol. The van der Waals surface area contributed by atoms with E-state index in [2.05, 4.69) is 36.4 Å². The van der Waals surface area contributed by atoms with Gasteiger partial charge < -0.3 is 15.2 Å². The van der Waals surface area contributed by atoms with Gasteiger partial charge in [0.15, 0.2) is 0 Å². The van der Waals surface area contributed by atoms with Gasteiger partial charge >= 0.3 is 0 Å².